The van der Waals surface area contributed by atoms with Gasteiger partial charge in [0.1, 0.15) is 11.2 Å². The van der Waals surface area contributed by atoms with Crippen LogP contribution in [0.5, 0.6) is 0 Å². The van der Waals surface area contributed by atoms with Gasteiger partial charge in [0.2, 0.25) is 0 Å². The van der Waals surface area contributed by atoms with E-state index in [1.54, 1.807) is 0 Å². The van der Waals surface area contributed by atoms with Gasteiger partial charge in [0.15, 0.2) is 0 Å². The maximum atomic E-state index is 11.2. The molecule has 1 N–H and O–H groups in total. The van der Waals surface area contributed by atoms with Crippen molar-refractivity contribution in [1.29, 1.82) is 5.26 Å². The van der Waals surface area contributed by atoms with Crippen molar-refractivity contribution in [2.45, 2.75) is 19.4 Å². The zero-order chi connectivity index (χ0) is 14.8. The second kappa shape index (κ2) is 4.94. The lowest BCUT2D eigenvalue weighted by Gasteiger charge is -2.33. The molecule has 7 heteroatoms. The van der Waals surface area contributed by atoms with Gasteiger partial charge < -0.3 is 10.0 Å². The van der Waals surface area contributed by atoms with Crippen molar-refractivity contribution in [3.05, 3.63) is 33.9 Å². The van der Waals surface area contributed by atoms with Gasteiger partial charge in [-0.05, 0) is 26.0 Å². The first-order chi connectivity index (χ1) is 8.71. The number of aliphatic carboxylic acids is 1. The number of rotatable bonds is 4. The van der Waals surface area contributed by atoms with Crippen LogP contribution >= 0.6 is 0 Å². The van der Waals surface area contributed by atoms with Crippen molar-refractivity contribution in [2.75, 3.05) is 11.9 Å². The number of nitriles is 1. The second-order valence-electron chi connectivity index (χ2n) is 4.50. The third-order valence-electron chi connectivity index (χ3n) is 3.02. The standard InChI is InChI=1S/C12H13N3O4/c1-12(2,11(16)17)14(3)9-5-4-8(7-13)6-10(9)15(18)19/h4-6H,1-3H3,(H,16,17). The number of carboxylic acid groups (broad SMARTS) is 1. The molecule has 0 aromatic heterocycles. The number of hydrogen-bond donors (Lipinski definition) is 1. The average Bonchev–Trinajstić information content (AvgIpc) is 2.36. The van der Waals surface area contributed by atoms with E-state index in [2.05, 4.69) is 0 Å². The minimum Gasteiger partial charge on any atom is -0.480 e. The van der Waals surface area contributed by atoms with Gasteiger partial charge in [-0.15, -0.1) is 0 Å². The van der Waals surface area contributed by atoms with Crippen LogP contribution in [0.15, 0.2) is 18.2 Å². The summed E-state index contributed by atoms with van der Waals surface area (Å²) in [5.74, 6) is -1.10. The Labute approximate surface area is 109 Å². The minimum absolute atomic E-state index is 0.149. The van der Waals surface area contributed by atoms with E-state index in [-0.39, 0.29) is 16.9 Å². The van der Waals surface area contributed by atoms with Crippen LogP contribution in [0.2, 0.25) is 0 Å². The summed E-state index contributed by atoms with van der Waals surface area (Å²) in [4.78, 5) is 22.9. The summed E-state index contributed by atoms with van der Waals surface area (Å²) in [5, 5.41) is 28.9. The van der Waals surface area contributed by atoms with Gasteiger partial charge in [0.05, 0.1) is 16.6 Å². The molecule has 1 rings (SSSR count). The molecule has 19 heavy (non-hydrogen) atoms. The summed E-state index contributed by atoms with van der Waals surface area (Å²) >= 11 is 0. The van der Waals surface area contributed by atoms with Crippen LogP contribution < -0.4 is 4.90 Å². The summed E-state index contributed by atoms with van der Waals surface area (Å²) in [6.45, 7) is 2.88. The molecule has 0 bridgehead atoms. The Morgan fingerprint density at radius 2 is 2.11 bits per heavy atom. The van der Waals surface area contributed by atoms with Crippen LogP contribution in [0.25, 0.3) is 0 Å². The van der Waals surface area contributed by atoms with Gasteiger partial charge in [-0.25, -0.2) is 4.79 Å². The van der Waals surface area contributed by atoms with E-state index in [9.17, 15) is 14.9 Å². The Morgan fingerprint density at radius 3 is 2.53 bits per heavy atom. The first-order valence-corrected chi connectivity index (χ1v) is 5.37. The van der Waals surface area contributed by atoms with E-state index in [4.69, 9.17) is 10.4 Å². The number of nitro groups is 1. The maximum absolute atomic E-state index is 11.2. The molecule has 0 radical (unpaired) electrons. The molecule has 0 spiro atoms. The van der Waals surface area contributed by atoms with Crippen molar-refractivity contribution < 1.29 is 14.8 Å². The van der Waals surface area contributed by atoms with Crippen LogP contribution in [0.4, 0.5) is 11.4 Å². The van der Waals surface area contributed by atoms with Gasteiger partial charge >= 0.3 is 5.97 Å². The molecule has 0 heterocycles. The van der Waals surface area contributed by atoms with Gasteiger partial charge in [-0.1, -0.05) is 0 Å². The van der Waals surface area contributed by atoms with E-state index in [0.717, 1.165) is 6.07 Å². The SMILES string of the molecule is CN(c1ccc(C#N)cc1[N+](=O)[O-])C(C)(C)C(=O)O. The Morgan fingerprint density at radius 1 is 1.53 bits per heavy atom. The number of carbonyl (C=O) groups is 1. The molecule has 0 unspecified atom stereocenters. The highest BCUT2D eigenvalue weighted by Gasteiger charge is 2.35. The fraction of sp³-hybridized carbons (Fsp3) is 0.333. The van der Waals surface area contributed by atoms with Gasteiger partial charge in [0.25, 0.3) is 5.69 Å². The lowest BCUT2D eigenvalue weighted by molar-refractivity contribution is -0.384. The molecule has 0 aliphatic heterocycles. The molecule has 100 valence electrons. The second-order valence-corrected chi connectivity index (χ2v) is 4.50. The van der Waals surface area contributed by atoms with E-state index in [1.807, 2.05) is 6.07 Å². The molecule has 0 aliphatic rings. The van der Waals surface area contributed by atoms with E-state index in [1.165, 1.54) is 37.9 Å². The number of benzene rings is 1. The van der Waals surface area contributed by atoms with Crippen LogP contribution in [0.1, 0.15) is 19.4 Å². The van der Waals surface area contributed by atoms with E-state index < -0.39 is 16.4 Å². The van der Waals surface area contributed by atoms with Gasteiger partial charge in [-0.3, -0.25) is 10.1 Å². The van der Waals surface area contributed by atoms with Crippen LogP contribution in [0.3, 0.4) is 0 Å². The van der Waals surface area contributed by atoms with Gasteiger partial charge in [0, 0.05) is 13.1 Å². The molecule has 0 fully saturated rings. The minimum atomic E-state index is -1.31. The quantitative estimate of drug-likeness (QED) is 0.655. The third-order valence-corrected chi connectivity index (χ3v) is 3.02. The van der Waals surface area contributed by atoms with E-state index in [0.29, 0.717) is 0 Å². The highest BCUT2D eigenvalue weighted by atomic mass is 16.6. The first-order valence-electron chi connectivity index (χ1n) is 5.37. The Bertz CT molecular complexity index is 575. The monoisotopic (exact) mass is 263 g/mol. The Hall–Kier alpha value is -2.62. The fourth-order valence-corrected chi connectivity index (χ4v) is 1.47. The average molecular weight is 263 g/mol. The van der Waals surface area contributed by atoms with Crippen LogP contribution in [-0.2, 0) is 4.79 Å². The molecular weight excluding hydrogens is 250 g/mol. The lowest BCUT2D eigenvalue weighted by atomic mass is 10.0. The summed E-state index contributed by atoms with van der Waals surface area (Å²) in [5.41, 5.74) is -1.30. The van der Waals surface area contributed by atoms with Crippen LogP contribution in [0, 0.1) is 21.4 Å². The molecule has 0 amide bonds. The maximum Gasteiger partial charge on any atom is 0.328 e. The number of hydrogen-bond acceptors (Lipinski definition) is 5. The molecule has 0 saturated carbocycles. The number of anilines is 1. The van der Waals surface area contributed by atoms with Crippen molar-refractivity contribution in [1.82, 2.24) is 0 Å². The number of likely N-dealkylation sites (N-methyl/N-ethyl adjacent to an activating group) is 1. The Balaban J connectivity index is 3.39. The Kier molecular flexibility index (Phi) is 3.75. The summed E-state index contributed by atoms with van der Waals surface area (Å²) in [6, 6.07) is 5.73. The molecule has 0 atom stereocenters. The lowest BCUT2D eigenvalue weighted by Crippen LogP contribution is -2.48. The normalized spacial score (nSPS) is 10.6. The largest absolute Gasteiger partial charge is 0.480 e. The molecule has 7 nitrogen and oxygen atoms in total. The van der Waals surface area contributed by atoms with Crippen molar-refractivity contribution in [3.63, 3.8) is 0 Å². The zero-order valence-corrected chi connectivity index (χ0v) is 10.7. The number of nitro benzene ring substituents is 1. The number of carboxylic acids is 1. The summed E-state index contributed by atoms with van der Waals surface area (Å²) < 4.78 is 0. The number of nitrogens with zero attached hydrogens (tertiary/aromatic N) is 3. The first kappa shape index (κ1) is 14.4. The molecule has 0 aliphatic carbocycles. The highest BCUT2D eigenvalue weighted by molar-refractivity contribution is 5.84. The van der Waals surface area contributed by atoms with Crippen molar-refractivity contribution in [2.24, 2.45) is 0 Å². The van der Waals surface area contributed by atoms with Crippen LogP contribution in [-0.4, -0.2) is 28.6 Å². The van der Waals surface area contributed by atoms with E-state index >= 15 is 0 Å². The topological polar surface area (TPSA) is 107 Å². The fourth-order valence-electron chi connectivity index (χ4n) is 1.47. The molecule has 0 saturated heterocycles. The van der Waals surface area contributed by atoms with Gasteiger partial charge in [-0.2, -0.15) is 5.26 Å². The summed E-state index contributed by atoms with van der Waals surface area (Å²) in [7, 11) is 1.46. The van der Waals surface area contributed by atoms with Crippen molar-refractivity contribution in [3.8, 4) is 6.07 Å². The molecule has 1 aromatic rings. The smallest absolute Gasteiger partial charge is 0.328 e. The molecule has 1 aromatic carbocycles. The zero-order valence-electron chi connectivity index (χ0n) is 10.7. The highest BCUT2D eigenvalue weighted by Crippen LogP contribution is 2.32. The summed E-state index contributed by atoms with van der Waals surface area (Å²) in [6.07, 6.45) is 0. The predicted molar refractivity (Wildman–Crippen MR) is 67.9 cm³/mol. The van der Waals surface area contributed by atoms with Crippen molar-refractivity contribution >= 4 is 17.3 Å². The molecular formula is C12H13N3O4. The predicted octanol–water partition coefficient (Wildman–Crippen LogP) is 1.77. The third kappa shape index (κ3) is 2.63.